The number of nitrogen functional groups attached to an aromatic ring is 1. The van der Waals surface area contributed by atoms with Crippen LogP contribution < -0.4 is 27.3 Å². The van der Waals surface area contributed by atoms with Gasteiger partial charge in [0.15, 0.2) is 5.78 Å². The van der Waals surface area contributed by atoms with Gasteiger partial charge in [-0.1, -0.05) is 19.1 Å². The van der Waals surface area contributed by atoms with Gasteiger partial charge in [0.05, 0.1) is 15.6 Å². The number of ether oxygens (including phenoxy) is 1. The lowest BCUT2D eigenvalue weighted by Crippen LogP contribution is -2.53. The summed E-state index contributed by atoms with van der Waals surface area (Å²) in [6.45, 7) is 4.80. The number of amides is 2. The van der Waals surface area contributed by atoms with Crippen LogP contribution in [0.2, 0.25) is 0 Å². The molecule has 3 heterocycles. The monoisotopic (exact) mass is 599 g/mol. The molecule has 1 saturated heterocycles. The Bertz CT molecular complexity index is 1760. The zero-order chi connectivity index (χ0) is 30.5. The van der Waals surface area contributed by atoms with Crippen LogP contribution in [0.15, 0.2) is 48.7 Å². The number of hydrogen-bond donors (Lipinski definition) is 4. The third kappa shape index (κ3) is 4.81. The molecule has 43 heavy (non-hydrogen) atoms. The van der Waals surface area contributed by atoms with E-state index in [9.17, 15) is 14.4 Å². The second-order valence-electron chi connectivity index (χ2n) is 11.0. The molecule has 0 saturated carbocycles. The first kappa shape index (κ1) is 28.7. The van der Waals surface area contributed by atoms with Gasteiger partial charge in [-0.2, -0.15) is 5.10 Å². The normalized spacial score (nSPS) is 21.6. The smallest absolute Gasteiger partial charge is 0.262 e. The number of carbonyl (C=O) groups is 3. The van der Waals surface area contributed by atoms with Crippen molar-refractivity contribution in [1.82, 2.24) is 20.4 Å². The first-order valence-electron chi connectivity index (χ1n) is 14.2. The summed E-state index contributed by atoms with van der Waals surface area (Å²) in [4.78, 5) is 42.3. The average Bonchev–Trinajstić information content (AvgIpc) is 3.42. The molecule has 11 nitrogen and oxygen atoms in total. The Kier molecular flexibility index (Phi) is 7.36. The van der Waals surface area contributed by atoms with Gasteiger partial charge in [-0.15, -0.1) is 16.4 Å². The minimum atomic E-state index is -1.59. The largest absolute Gasteiger partial charge is 0.438 e. The van der Waals surface area contributed by atoms with E-state index >= 15 is 0 Å². The van der Waals surface area contributed by atoms with Gasteiger partial charge in [-0.25, -0.2) is 0 Å². The quantitative estimate of drug-likeness (QED) is 0.242. The zero-order valence-corrected chi connectivity index (χ0v) is 24.7. The fraction of sp³-hybridized carbons (Fsp3) is 0.323. The molecular weight excluding hydrogens is 566 g/mol. The molecule has 12 heteroatoms. The van der Waals surface area contributed by atoms with E-state index in [4.69, 9.17) is 21.9 Å². The molecule has 6 rings (SSSR count). The fourth-order valence-electron chi connectivity index (χ4n) is 6.23. The molecule has 3 unspecified atom stereocenters. The third-order valence-corrected chi connectivity index (χ3v) is 9.58. The number of rotatable bonds is 6. The molecule has 4 aromatic rings. The maximum absolute atomic E-state index is 14.2. The van der Waals surface area contributed by atoms with Crippen molar-refractivity contribution in [1.29, 1.82) is 0 Å². The Morgan fingerprint density at radius 2 is 2.00 bits per heavy atom. The molecule has 2 aromatic heterocycles. The Labute approximate surface area is 252 Å². The molecule has 2 amide bonds. The maximum Gasteiger partial charge on any atom is 0.262 e. The number of ketones is 1. The average molecular weight is 600 g/mol. The molecule has 0 bridgehead atoms. The number of Topliss-reactive ketones (excluding diaryl/α,β-unsaturated/α-hetero) is 1. The second kappa shape index (κ2) is 11.0. The lowest BCUT2D eigenvalue weighted by Gasteiger charge is -2.37. The minimum Gasteiger partial charge on any atom is -0.438 e. The van der Waals surface area contributed by atoms with Crippen LogP contribution in [-0.2, 0) is 15.1 Å². The lowest BCUT2D eigenvalue weighted by molar-refractivity contribution is -0.132. The number of aromatic nitrogens is 2. The number of aryl methyl sites for hydroxylation is 1. The Hall–Kier alpha value is -4.39. The summed E-state index contributed by atoms with van der Waals surface area (Å²) in [5.74, 6) is 0.134. The number of nitrogens with zero attached hydrogens (tertiary/aromatic N) is 3. The third-order valence-electron chi connectivity index (χ3n) is 8.32. The number of benzene rings is 2. The summed E-state index contributed by atoms with van der Waals surface area (Å²) in [7, 11) is 0. The summed E-state index contributed by atoms with van der Waals surface area (Å²) < 4.78 is 6.48. The molecule has 2 aromatic carbocycles. The molecule has 1 fully saturated rings. The van der Waals surface area contributed by atoms with E-state index in [0.29, 0.717) is 68.5 Å². The predicted octanol–water partition coefficient (Wildman–Crippen LogP) is 3.29. The van der Waals surface area contributed by atoms with Crippen LogP contribution in [-0.4, -0.2) is 51.8 Å². The van der Waals surface area contributed by atoms with Crippen molar-refractivity contribution < 1.29 is 19.1 Å². The van der Waals surface area contributed by atoms with E-state index < -0.39 is 17.4 Å². The number of thiophene rings is 1. The van der Waals surface area contributed by atoms with Gasteiger partial charge in [-0.3, -0.25) is 14.4 Å². The van der Waals surface area contributed by atoms with Crippen molar-refractivity contribution >= 4 is 44.7 Å². The van der Waals surface area contributed by atoms with Crippen molar-refractivity contribution in [2.75, 3.05) is 18.8 Å². The number of carbonyl (C=O) groups excluding carboxylic acids is 3. The van der Waals surface area contributed by atoms with Gasteiger partial charge in [0.1, 0.15) is 11.3 Å². The van der Waals surface area contributed by atoms with Crippen LogP contribution in [0, 0.1) is 6.92 Å². The summed E-state index contributed by atoms with van der Waals surface area (Å²) in [5.41, 5.74) is 21.3. The van der Waals surface area contributed by atoms with Crippen LogP contribution in [0.3, 0.4) is 0 Å². The van der Waals surface area contributed by atoms with E-state index in [2.05, 4.69) is 15.5 Å². The summed E-state index contributed by atoms with van der Waals surface area (Å²) in [5, 5.41) is 11.5. The molecule has 0 spiro atoms. The first-order chi connectivity index (χ1) is 20.6. The Morgan fingerprint density at radius 3 is 2.72 bits per heavy atom. The highest BCUT2D eigenvalue weighted by Gasteiger charge is 2.49. The van der Waals surface area contributed by atoms with Gasteiger partial charge in [0, 0.05) is 54.5 Å². The van der Waals surface area contributed by atoms with Crippen LogP contribution in [0.4, 0.5) is 5.69 Å². The molecule has 0 radical (unpaired) electrons. The van der Waals surface area contributed by atoms with Gasteiger partial charge < -0.3 is 32.2 Å². The van der Waals surface area contributed by atoms with Crippen LogP contribution in [0.25, 0.3) is 10.1 Å². The number of piperidine rings is 1. The van der Waals surface area contributed by atoms with Gasteiger partial charge >= 0.3 is 0 Å². The highest BCUT2D eigenvalue weighted by molar-refractivity contribution is 7.21. The standard InChI is InChI=1S/C31H33N7O4S/c1-3-23(39)38-13-5-6-17(15-38)36-30(41)28-25-24-20(10-11-21(32)27(24)43-28)31(34,29(40)26(25)33)19-9-8-18(14-16(19)2)42-22-7-4-12-35-37-22/h4,7-12,14,17,26H,3,5-6,13,15,32-34H2,1-2H3,(H,36,41). The number of hydrogen-bond acceptors (Lipinski definition) is 10. The first-order valence-corrected chi connectivity index (χ1v) is 15.0. The zero-order valence-electron chi connectivity index (χ0n) is 23.9. The van der Waals surface area contributed by atoms with Crippen molar-refractivity contribution in [3.05, 3.63) is 75.8 Å². The summed E-state index contributed by atoms with van der Waals surface area (Å²) in [6, 6.07) is 10.8. The van der Waals surface area contributed by atoms with Crippen LogP contribution >= 0.6 is 11.3 Å². The fourth-order valence-corrected chi connectivity index (χ4v) is 7.43. The molecule has 1 aliphatic carbocycles. The van der Waals surface area contributed by atoms with Crippen molar-refractivity contribution in [2.24, 2.45) is 11.5 Å². The summed E-state index contributed by atoms with van der Waals surface area (Å²) in [6.07, 6.45) is 3.51. The van der Waals surface area contributed by atoms with E-state index in [1.807, 2.05) is 13.8 Å². The number of anilines is 1. The molecule has 222 valence electrons. The highest BCUT2D eigenvalue weighted by Crippen LogP contribution is 2.50. The predicted molar refractivity (Wildman–Crippen MR) is 164 cm³/mol. The van der Waals surface area contributed by atoms with E-state index in [-0.39, 0.29) is 17.9 Å². The topological polar surface area (TPSA) is 180 Å². The van der Waals surface area contributed by atoms with E-state index in [0.717, 1.165) is 18.4 Å². The Balaban J connectivity index is 1.39. The molecule has 7 N–H and O–H groups in total. The SMILES string of the molecule is CCC(=O)N1CCCC(NC(=O)c2sc3c(N)ccc4c3c2C(N)C(=O)C4(N)c2ccc(Oc3cccnn3)cc2C)C1. The van der Waals surface area contributed by atoms with E-state index in [1.165, 1.54) is 11.3 Å². The number of likely N-dealkylation sites (tertiary alicyclic amines) is 1. The van der Waals surface area contributed by atoms with Crippen molar-refractivity contribution in [3.8, 4) is 11.6 Å². The highest BCUT2D eigenvalue weighted by atomic mass is 32.1. The van der Waals surface area contributed by atoms with Gasteiger partial charge in [0.2, 0.25) is 11.8 Å². The maximum atomic E-state index is 14.2. The molecule has 3 atom stereocenters. The molecule has 2 aliphatic rings. The van der Waals surface area contributed by atoms with Gasteiger partial charge in [0.25, 0.3) is 5.91 Å². The summed E-state index contributed by atoms with van der Waals surface area (Å²) >= 11 is 1.21. The van der Waals surface area contributed by atoms with Gasteiger partial charge in [-0.05, 0) is 60.7 Å². The molecule has 1 aliphatic heterocycles. The van der Waals surface area contributed by atoms with Crippen LogP contribution in [0.5, 0.6) is 11.6 Å². The lowest BCUT2D eigenvalue weighted by atomic mass is 9.69. The second-order valence-corrected chi connectivity index (χ2v) is 12.1. The molecular formula is C31H33N7O4S. The number of nitrogens with one attached hydrogen (secondary N) is 1. The Morgan fingerprint density at radius 1 is 1.21 bits per heavy atom. The minimum absolute atomic E-state index is 0.0591. The van der Waals surface area contributed by atoms with Crippen LogP contribution in [0.1, 0.15) is 64.2 Å². The van der Waals surface area contributed by atoms with Crippen molar-refractivity contribution in [3.63, 3.8) is 0 Å². The number of nitrogens with two attached hydrogens (primary N) is 3. The van der Waals surface area contributed by atoms with E-state index in [1.54, 1.807) is 53.6 Å². The van der Waals surface area contributed by atoms with Crippen molar-refractivity contribution in [2.45, 2.75) is 50.7 Å².